The molecule has 4 nitrogen and oxygen atoms in total. The van der Waals surface area contributed by atoms with Crippen molar-refractivity contribution >= 4 is 12.6 Å². The summed E-state index contributed by atoms with van der Waals surface area (Å²) < 4.78 is 5.78. The lowest BCUT2D eigenvalue weighted by atomic mass is 9.77. The van der Waals surface area contributed by atoms with Crippen LogP contribution in [-0.2, 0) is 0 Å². The Morgan fingerprint density at radius 1 is 1.35 bits per heavy atom. The Hall–Kier alpha value is -1.04. The van der Waals surface area contributed by atoms with Crippen LogP contribution < -0.4 is 10.2 Å². The second kappa shape index (κ2) is 7.11. The van der Waals surface area contributed by atoms with Gasteiger partial charge in [-0.3, -0.25) is 0 Å². The van der Waals surface area contributed by atoms with Crippen molar-refractivity contribution in [1.29, 1.82) is 0 Å². The van der Waals surface area contributed by atoms with Crippen LogP contribution in [0.15, 0.2) is 18.2 Å². The highest BCUT2D eigenvalue weighted by Gasteiger charge is 2.18. The summed E-state index contributed by atoms with van der Waals surface area (Å²) in [5, 5.41) is 18.4. The zero-order valence-corrected chi connectivity index (χ0v) is 12.4. The number of aryl methyl sites for hydroxylation is 1. The SMILES string of the molecule is Cc1cc(OCCC2CCCCN2C)ccc1B(O)O. The number of hydrogen-bond donors (Lipinski definition) is 2. The van der Waals surface area contributed by atoms with Crippen LogP contribution in [0.2, 0.25) is 0 Å². The summed E-state index contributed by atoms with van der Waals surface area (Å²) in [6.07, 6.45) is 4.92. The summed E-state index contributed by atoms with van der Waals surface area (Å²) in [7, 11) is 0.769. The molecule has 0 bridgehead atoms. The Labute approximate surface area is 121 Å². The van der Waals surface area contributed by atoms with Crippen LogP contribution in [0.4, 0.5) is 0 Å². The van der Waals surface area contributed by atoms with E-state index in [2.05, 4.69) is 11.9 Å². The second-order valence-electron chi connectivity index (χ2n) is 5.66. The van der Waals surface area contributed by atoms with E-state index in [1.807, 2.05) is 13.0 Å². The van der Waals surface area contributed by atoms with E-state index in [0.717, 1.165) is 17.7 Å². The molecule has 1 saturated heterocycles. The molecule has 20 heavy (non-hydrogen) atoms. The van der Waals surface area contributed by atoms with E-state index in [1.165, 1.54) is 25.8 Å². The fourth-order valence-electron chi connectivity index (χ4n) is 2.85. The van der Waals surface area contributed by atoms with E-state index in [4.69, 9.17) is 4.74 Å². The van der Waals surface area contributed by atoms with Crippen LogP contribution in [-0.4, -0.2) is 48.3 Å². The predicted molar refractivity (Wildman–Crippen MR) is 81.4 cm³/mol. The van der Waals surface area contributed by atoms with E-state index in [0.29, 0.717) is 18.1 Å². The molecule has 1 aromatic rings. The maximum Gasteiger partial charge on any atom is 0.488 e. The van der Waals surface area contributed by atoms with Gasteiger partial charge in [-0.2, -0.15) is 0 Å². The monoisotopic (exact) mass is 277 g/mol. The summed E-state index contributed by atoms with van der Waals surface area (Å²) in [5.41, 5.74) is 1.37. The van der Waals surface area contributed by atoms with Crippen molar-refractivity contribution in [3.8, 4) is 5.75 Å². The maximum atomic E-state index is 9.18. The summed E-state index contributed by atoms with van der Waals surface area (Å²) >= 11 is 0. The van der Waals surface area contributed by atoms with Crippen LogP contribution in [0.3, 0.4) is 0 Å². The molecule has 1 atom stereocenters. The second-order valence-corrected chi connectivity index (χ2v) is 5.66. The van der Waals surface area contributed by atoms with Crippen molar-refractivity contribution in [3.63, 3.8) is 0 Å². The van der Waals surface area contributed by atoms with Gasteiger partial charge in [0.25, 0.3) is 0 Å². The Morgan fingerprint density at radius 2 is 2.15 bits per heavy atom. The minimum Gasteiger partial charge on any atom is -0.494 e. The van der Waals surface area contributed by atoms with Crippen LogP contribution in [0.25, 0.3) is 0 Å². The molecule has 0 radical (unpaired) electrons. The molecule has 0 aliphatic carbocycles. The molecular formula is C15H24BNO3. The molecule has 5 heteroatoms. The topological polar surface area (TPSA) is 52.9 Å². The van der Waals surface area contributed by atoms with Gasteiger partial charge >= 0.3 is 7.12 Å². The lowest BCUT2D eigenvalue weighted by Crippen LogP contribution is -2.37. The highest BCUT2D eigenvalue weighted by atomic mass is 16.5. The minimum atomic E-state index is -1.42. The van der Waals surface area contributed by atoms with Gasteiger partial charge in [-0.25, -0.2) is 0 Å². The Bertz CT molecular complexity index is 439. The molecule has 1 aliphatic heterocycles. The van der Waals surface area contributed by atoms with E-state index in [-0.39, 0.29) is 0 Å². The average Bonchev–Trinajstić information content (AvgIpc) is 2.40. The van der Waals surface area contributed by atoms with E-state index in [1.54, 1.807) is 12.1 Å². The van der Waals surface area contributed by atoms with Gasteiger partial charge in [-0.05, 0) is 62.9 Å². The van der Waals surface area contributed by atoms with Gasteiger partial charge in [0, 0.05) is 6.04 Å². The quantitative estimate of drug-likeness (QED) is 0.786. The Balaban J connectivity index is 1.83. The van der Waals surface area contributed by atoms with Crippen molar-refractivity contribution in [2.24, 2.45) is 0 Å². The highest BCUT2D eigenvalue weighted by Crippen LogP contribution is 2.18. The molecular weight excluding hydrogens is 253 g/mol. The molecule has 1 aliphatic rings. The van der Waals surface area contributed by atoms with Crippen LogP contribution in [0, 0.1) is 6.92 Å². The number of benzene rings is 1. The third kappa shape index (κ3) is 3.98. The standard InChI is InChI=1S/C15H24BNO3/c1-12-11-14(6-7-15(12)16(18)19)20-10-8-13-5-3-4-9-17(13)2/h6-7,11,13,18-19H,3-5,8-10H2,1-2H3. The number of ether oxygens (including phenoxy) is 1. The third-order valence-electron chi connectivity index (χ3n) is 4.16. The fourth-order valence-corrected chi connectivity index (χ4v) is 2.85. The van der Waals surface area contributed by atoms with Gasteiger partial charge < -0.3 is 19.7 Å². The number of piperidine rings is 1. The van der Waals surface area contributed by atoms with Crippen LogP contribution in [0.5, 0.6) is 5.75 Å². The molecule has 1 aromatic carbocycles. The Kier molecular flexibility index (Phi) is 5.46. The summed E-state index contributed by atoms with van der Waals surface area (Å²) in [6.45, 7) is 3.75. The van der Waals surface area contributed by atoms with Gasteiger partial charge in [0.2, 0.25) is 0 Å². The molecule has 0 amide bonds. The van der Waals surface area contributed by atoms with E-state index >= 15 is 0 Å². The first kappa shape index (κ1) is 15.4. The fraction of sp³-hybridized carbons (Fsp3) is 0.600. The van der Waals surface area contributed by atoms with Crippen molar-refractivity contribution < 1.29 is 14.8 Å². The third-order valence-corrected chi connectivity index (χ3v) is 4.16. The molecule has 0 aromatic heterocycles. The zero-order chi connectivity index (χ0) is 14.5. The summed E-state index contributed by atoms with van der Waals surface area (Å²) in [6, 6.07) is 6.00. The minimum absolute atomic E-state index is 0.532. The lowest BCUT2D eigenvalue weighted by molar-refractivity contribution is 0.153. The smallest absolute Gasteiger partial charge is 0.488 e. The molecule has 0 saturated carbocycles. The number of rotatable bonds is 5. The van der Waals surface area contributed by atoms with Gasteiger partial charge in [-0.1, -0.05) is 12.5 Å². The van der Waals surface area contributed by atoms with Crippen LogP contribution >= 0.6 is 0 Å². The number of hydrogen-bond acceptors (Lipinski definition) is 4. The van der Waals surface area contributed by atoms with Gasteiger partial charge in [0.15, 0.2) is 0 Å². The van der Waals surface area contributed by atoms with E-state index in [9.17, 15) is 10.0 Å². The predicted octanol–water partition coefficient (Wildman–Crippen LogP) is 0.928. The van der Waals surface area contributed by atoms with Gasteiger partial charge in [0.05, 0.1) is 6.61 Å². The molecule has 2 rings (SSSR count). The Morgan fingerprint density at radius 3 is 2.80 bits per heavy atom. The lowest BCUT2D eigenvalue weighted by Gasteiger charge is -2.32. The highest BCUT2D eigenvalue weighted by molar-refractivity contribution is 6.59. The normalized spacial score (nSPS) is 19.9. The maximum absolute atomic E-state index is 9.18. The van der Waals surface area contributed by atoms with Crippen molar-refractivity contribution in [1.82, 2.24) is 4.90 Å². The first-order valence-electron chi connectivity index (χ1n) is 7.37. The largest absolute Gasteiger partial charge is 0.494 e. The average molecular weight is 277 g/mol. The van der Waals surface area contributed by atoms with Crippen molar-refractivity contribution in [2.45, 2.75) is 38.6 Å². The van der Waals surface area contributed by atoms with E-state index < -0.39 is 7.12 Å². The first-order chi connectivity index (χ1) is 9.58. The molecule has 110 valence electrons. The molecule has 2 N–H and O–H groups in total. The summed E-state index contributed by atoms with van der Waals surface area (Å²) in [4.78, 5) is 2.42. The number of likely N-dealkylation sites (tertiary alicyclic amines) is 1. The van der Waals surface area contributed by atoms with Gasteiger partial charge in [-0.15, -0.1) is 0 Å². The van der Waals surface area contributed by atoms with Crippen molar-refractivity contribution in [2.75, 3.05) is 20.2 Å². The molecule has 1 heterocycles. The molecule has 1 fully saturated rings. The van der Waals surface area contributed by atoms with Gasteiger partial charge in [0.1, 0.15) is 5.75 Å². The first-order valence-corrected chi connectivity index (χ1v) is 7.37. The number of nitrogens with zero attached hydrogens (tertiary/aromatic N) is 1. The summed E-state index contributed by atoms with van der Waals surface area (Å²) in [5.74, 6) is 0.797. The molecule has 0 spiro atoms. The van der Waals surface area contributed by atoms with Crippen LogP contribution in [0.1, 0.15) is 31.2 Å². The van der Waals surface area contributed by atoms with Crippen molar-refractivity contribution in [3.05, 3.63) is 23.8 Å². The molecule has 1 unspecified atom stereocenters. The zero-order valence-electron chi connectivity index (χ0n) is 12.4.